The minimum atomic E-state index is -0.0501. The van der Waals surface area contributed by atoms with Gasteiger partial charge in [-0.2, -0.15) is 0 Å². The molecule has 1 aromatic carbocycles. The first-order valence-corrected chi connectivity index (χ1v) is 7.08. The average molecular weight is 286 g/mol. The number of ketones is 1. The number of hydrogen-bond acceptors (Lipinski definition) is 4. The van der Waals surface area contributed by atoms with Gasteiger partial charge in [-0.1, -0.05) is 6.07 Å². The number of aromatic nitrogens is 1. The fraction of sp³-hybridized carbons (Fsp3) is 0.375. The highest BCUT2D eigenvalue weighted by atomic mass is 16.5. The van der Waals surface area contributed by atoms with E-state index in [0.29, 0.717) is 29.7 Å². The van der Waals surface area contributed by atoms with E-state index in [0.717, 1.165) is 24.5 Å². The monoisotopic (exact) mass is 286 g/mol. The third kappa shape index (κ3) is 2.45. The summed E-state index contributed by atoms with van der Waals surface area (Å²) in [6.45, 7) is 6.17. The van der Waals surface area contributed by atoms with E-state index in [1.807, 2.05) is 13.0 Å². The second-order valence-corrected chi connectivity index (χ2v) is 5.35. The number of H-pyrrole nitrogens is 1. The molecular weight excluding hydrogens is 268 g/mol. The zero-order chi connectivity index (χ0) is 15.0. The Morgan fingerprint density at radius 2 is 2.00 bits per heavy atom. The molecule has 0 saturated carbocycles. The second kappa shape index (κ2) is 5.33. The number of benzene rings is 1. The van der Waals surface area contributed by atoms with Gasteiger partial charge < -0.3 is 14.6 Å². The molecule has 1 fully saturated rings. The first kappa shape index (κ1) is 13.8. The van der Waals surface area contributed by atoms with Crippen LogP contribution in [0.3, 0.4) is 0 Å². The molecule has 0 radical (unpaired) electrons. The van der Waals surface area contributed by atoms with Crippen LogP contribution < -0.4 is 10.3 Å². The highest BCUT2D eigenvalue weighted by molar-refractivity contribution is 6.06. The molecule has 0 aliphatic carbocycles. The highest BCUT2D eigenvalue weighted by Crippen LogP contribution is 2.22. The zero-order valence-corrected chi connectivity index (χ0v) is 12.2. The molecule has 0 atom stereocenters. The van der Waals surface area contributed by atoms with Crippen LogP contribution in [0.4, 0.5) is 5.82 Å². The number of pyridine rings is 1. The van der Waals surface area contributed by atoms with Crippen molar-refractivity contribution in [2.75, 3.05) is 31.2 Å². The first-order valence-electron chi connectivity index (χ1n) is 7.08. The van der Waals surface area contributed by atoms with Crippen molar-refractivity contribution in [1.82, 2.24) is 4.98 Å². The second-order valence-electron chi connectivity index (χ2n) is 5.35. The van der Waals surface area contributed by atoms with Crippen LogP contribution in [0.5, 0.6) is 0 Å². The number of aromatic amines is 1. The van der Waals surface area contributed by atoms with Crippen molar-refractivity contribution in [2.45, 2.75) is 13.8 Å². The largest absolute Gasteiger partial charge is 0.378 e. The molecule has 1 N–H and O–H groups in total. The fourth-order valence-corrected chi connectivity index (χ4v) is 2.78. The average Bonchev–Trinajstić information content (AvgIpc) is 2.47. The zero-order valence-electron chi connectivity index (χ0n) is 12.2. The molecule has 0 amide bonds. The molecule has 1 aliphatic rings. The summed E-state index contributed by atoms with van der Waals surface area (Å²) in [6.07, 6.45) is 0. The number of Topliss-reactive ketones (excluding diaryl/α,β-unsaturated/α-hetero) is 1. The Labute approximate surface area is 122 Å². The Morgan fingerprint density at radius 1 is 1.29 bits per heavy atom. The van der Waals surface area contributed by atoms with Gasteiger partial charge in [0.1, 0.15) is 5.82 Å². The lowest BCUT2D eigenvalue weighted by Gasteiger charge is -2.28. The van der Waals surface area contributed by atoms with E-state index in [4.69, 9.17) is 4.74 Å². The molecule has 2 aromatic rings. The van der Waals surface area contributed by atoms with Crippen molar-refractivity contribution >= 4 is 22.5 Å². The van der Waals surface area contributed by atoms with Crippen LogP contribution in [-0.4, -0.2) is 37.1 Å². The molecule has 3 rings (SSSR count). The molecule has 2 heterocycles. The van der Waals surface area contributed by atoms with Gasteiger partial charge in [0.15, 0.2) is 11.2 Å². The third-order valence-corrected chi connectivity index (χ3v) is 3.91. The minimum Gasteiger partial charge on any atom is -0.378 e. The van der Waals surface area contributed by atoms with Crippen LogP contribution in [-0.2, 0) is 4.74 Å². The number of nitrogens with zero attached hydrogens (tertiary/aromatic N) is 1. The van der Waals surface area contributed by atoms with E-state index in [1.54, 1.807) is 12.1 Å². The van der Waals surface area contributed by atoms with Gasteiger partial charge in [0.05, 0.1) is 18.7 Å². The smallest absolute Gasteiger partial charge is 0.191 e. The molecule has 5 heteroatoms. The van der Waals surface area contributed by atoms with Crippen LogP contribution >= 0.6 is 0 Å². The van der Waals surface area contributed by atoms with Gasteiger partial charge in [-0.25, -0.2) is 0 Å². The summed E-state index contributed by atoms with van der Waals surface area (Å²) in [5, 5.41) is 0.597. The predicted octanol–water partition coefficient (Wildman–Crippen LogP) is 1.88. The molecular formula is C16H18N2O3. The normalized spacial score (nSPS) is 15.4. The topological polar surface area (TPSA) is 62.4 Å². The van der Waals surface area contributed by atoms with Gasteiger partial charge in [-0.3, -0.25) is 9.59 Å². The van der Waals surface area contributed by atoms with Crippen LogP contribution in [0.1, 0.15) is 22.8 Å². The highest BCUT2D eigenvalue weighted by Gasteiger charge is 2.16. The Morgan fingerprint density at radius 3 is 2.67 bits per heavy atom. The lowest BCUT2D eigenvalue weighted by molar-refractivity contribution is 0.101. The van der Waals surface area contributed by atoms with Crippen LogP contribution in [0.15, 0.2) is 23.0 Å². The predicted molar refractivity (Wildman–Crippen MR) is 82.3 cm³/mol. The van der Waals surface area contributed by atoms with Gasteiger partial charge >= 0.3 is 0 Å². The van der Waals surface area contributed by atoms with Gasteiger partial charge in [0, 0.05) is 30.1 Å². The number of anilines is 1. The molecule has 0 unspecified atom stereocenters. The summed E-state index contributed by atoms with van der Waals surface area (Å²) in [7, 11) is 0. The summed E-state index contributed by atoms with van der Waals surface area (Å²) in [5.41, 5.74) is 2.02. The van der Waals surface area contributed by atoms with Crippen LogP contribution in [0.2, 0.25) is 0 Å². The number of morpholine rings is 1. The van der Waals surface area contributed by atoms with Crippen molar-refractivity contribution in [3.8, 4) is 0 Å². The molecule has 5 nitrogen and oxygen atoms in total. The fourth-order valence-electron chi connectivity index (χ4n) is 2.78. The van der Waals surface area contributed by atoms with Gasteiger partial charge in [-0.05, 0) is 25.5 Å². The lowest BCUT2D eigenvalue weighted by Crippen LogP contribution is -2.37. The van der Waals surface area contributed by atoms with E-state index >= 15 is 0 Å². The molecule has 1 aliphatic heterocycles. The van der Waals surface area contributed by atoms with Crippen molar-refractivity contribution in [3.05, 3.63) is 39.5 Å². The summed E-state index contributed by atoms with van der Waals surface area (Å²) >= 11 is 0. The molecule has 21 heavy (non-hydrogen) atoms. The molecule has 110 valence electrons. The van der Waals surface area contributed by atoms with Crippen LogP contribution in [0.25, 0.3) is 10.9 Å². The van der Waals surface area contributed by atoms with Gasteiger partial charge in [0.2, 0.25) is 0 Å². The number of hydrogen-bond donors (Lipinski definition) is 1. The number of ether oxygens (including phenoxy) is 1. The van der Waals surface area contributed by atoms with E-state index in [9.17, 15) is 9.59 Å². The summed E-state index contributed by atoms with van der Waals surface area (Å²) in [6, 6.07) is 5.21. The lowest BCUT2D eigenvalue weighted by atomic mass is 10.0. The first-order chi connectivity index (χ1) is 10.1. The number of carbonyl (C=O) groups excluding carboxylic acids is 1. The van der Waals surface area contributed by atoms with Crippen molar-refractivity contribution < 1.29 is 9.53 Å². The Bertz CT molecular complexity index is 758. The molecule has 1 saturated heterocycles. The number of aryl methyl sites for hydroxylation is 1. The minimum absolute atomic E-state index is 0.0465. The van der Waals surface area contributed by atoms with Gasteiger partial charge in [-0.15, -0.1) is 0 Å². The van der Waals surface area contributed by atoms with E-state index in [2.05, 4.69) is 9.88 Å². The van der Waals surface area contributed by atoms with Crippen molar-refractivity contribution in [3.63, 3.8) is 0 Å². The van der Waals surface area contributed by atoms with Crippen molar-refractivity contribution in [2.24, 2.45) is 0 Å². The molecule has 0 bridgehead atoms. The van der Waals surface area contributed by atoms with Crippen LogP contribution in [0, 0.1) is 6.92 Å². The third-order valence-electron chi connectivity index (χ3n) is 3.91. The molecule has 0 spiro atoms. The van der Waals surface area contributed by atoms with E-state index in [1.165, 1.54) is 6.92 Å². The number of fused-ring (bicyclic) bond motifs is 1. The molecule has 1 aromatic heterocycles. The number of carbonyl (C=O) groups is 1. The quantitative estimate of drug-likeness (QED) is 0.856. The Balaban J connectivity index is 2.24. The Kier molecular flexibility index (Phi) is 3.51. The summed E-state index contributed by atoms with van der Waals surface area (Å²) in [4.78, 5) is 29.6. The maximum Gasteiger partial charge on any atom is 0.191 e. The number of nitrogens with one attached hydrogen (secondary N) is 1. The Hall–Kier alpha value is -2.14. The SMILES string of the molecule is CC(=O)c1ccc(C)c2c(=O)cc(N3CCOCC3)[nH]c12. The number of rotatable bonds is 2. The standard InChI is InChI=1S/C16H18N2O3/c1-10-3-4-12(11(2)19)16-15(10)13(20)9-14(17-16)18-5-7-21-8-6-18/h3-4,9H,5-8H2,1-2H3,(H,17,20). The maximum atomic E-state index is 12.4. The van der Waals surface area contributed by atoms with Crippen molar-refractivity contribution in [1.29, 1.82) is 0 Å². The summed E-state index contributed by atoms with van der Waals surface area (Å²) in [5.74, 6) is 0.707. The van der Waals surface area contributed by atoms with E-state index in [-0.39, 0.29) is 11.2 Å². The maximum absolute atomic E-state index is 12.4. The summed E-state index contributed by atoms with van der Waals surface area (Å²) < 4.78 is 5.33. The van der Waals surface area contributed by atoms with Gasteiger partial charge in [0.25, 0.3) is 0 Å². The van der Waals surface area contributed by atoms with E-state index < -0.39 is 0 Å².